The van der Waals surface area contributed by atoms with E-state index in [1.165, 1.54) is 0 Å². The van der Waals surface area contributed by atoms with Crippen molar-refractivity contribution in [1.82, 2.24) is 24.6 Å². The Morgan fingerprint density at radius 3 is 0.471 bits per heavy atom. The predicted octanol–water partition coefficient (Wildman–Crippen LogP) is 1.65. The van der Waals surface area contributed by atoms with Crippen molar-refractivity contribution < 1.29 is 21.1 Å². The molecule has 0 aromatic rings. The van der Waals surface area contributed by atoms with Crippen molar-refractivity contribution in [2.24, 2.45) is 21.4 Å². The van der Waals surface area contributed by atoms with Crippen LogP contribution >= 0.6 is 0 Å². The van der Waals surface area contributed by atoms with Crippen molar-refractivity contribution in [3.8, 4) is 0 Å². The minimum Gasteiger partial charge on any atom is -0.444 e. The zero-order valence-electron chi connectivity index (χ0n) is 8.20. The molecule has 0 aliphatic heterocycles. The largest absolute Gasteiger partial charge is 4.00 e. The molecule has 0 unspecified atom stereocenters. The standard InChI is InChI=1S/4HNO2.4H3N.Pt/c4*2-1-3;;;;;/h4*(H,2,3);4*1H3;/q;;;;;;;;+4/p-4. The molecule has 0 aliphatic carbocycles. The Bertz CT molecular complexity index is 75.5. The van der Waals surface area contributed by atoms with E-state index in [9.17, 15) is 0 Å². The zero-order chi connectivity index (χ0) is 10.8. The third-order valence-corrected chi connectivity index (χ3v) is 0. The van der Waals surface area contributed by atoms with Crippen LogP contribution < -0.4 is 24.6 Å². The molecular weight excluding hydrogens is 435 g/mol. The summed E-state index contributed by atoms with van der Waals surface area (Å²) >= 11 is 0. The molecule has 0 atom stereocenters. The Kier molecular flexibility index (Phi) is 2540. The predicted molar refractivity (Wildman–Crippen MR) is 56.7 cm³/mol. The number of hydrogen-bond donors (Lipinski definition) is 4. The van der Waals surface area contributed by atoms with Crippen LogP contribution in [0.4, 0.5) is 0 Å². The van der Waals surface area contributed by atoms with Crippen molar-refractivity contribution in [3.63, 3.8) is 0 Å². The molecule has 0 saturated carbocycles. The molecular formula is H12N8O8Pt. The third kappa shape index (κ3) is 593. The first-order valence-electron chi connectivity index (χ1n) is 1.46. The van der Waals surface area contributed by atoms with Crippen LogP contribution in [0.5, 0.6) is 0 Å². The fourth-order valence-corrected chi connectivity index (χ4v) is 0. The second kappa shape index (κ2) is 538. The summed E-state index contributed by atoms with van der Waals surface area (Å²) in [5, 5.41) is 36.0. The topological polar surface area (TPSA) is 350 Å². The molecule has 0 fully saturated rings. The second-order valence-electron chi connectivity index (χ2n) is 0.298. The molecule has 110 valence electrons. The van der Waals surface area contributed by atoms with E-state index in [1.54, 1.807) is 0 Å². The van der Waals surface area contributed by atoms with Gasteiger partial charge in [0.2, 0.25) is 0 Å². The van der Waals surface area contributed by atoms with E-state index in [-0.39, 0.29) is 45.7 Å². The van der Waals surface area contributed by atoms with E-state index < -0.39 is 0 Å². The van der Waals surface area contributed by atoms with Gasteiger partial charge >= 0.3 is 21.1 Å². The SMILES string of the molecule is N.N.N.N.O=N[O-].O=N[O-].O=N[O-].O=N[O-].[Pt+4]. The Morgan fingerprint density at radius 2 is 0.471 bits per heavy atom. The van der Waals surface area contributed by atoms with Crippen LogP contribution in [0.2, 0.25) is 0 Å². The summed E-state index contributed by atoms with van der Waals surface area (Å²) in [6, 6.07) is 0. The molecule has 0 rings (SSSR count). The first-order chi connectivity index (χ1) is 5.66. The fraction of sp³-hybridized carbons (Fsp3) is 0. The van der Waals surface area contributed by atoms with Crippen LogP contribution in [0.15, 0.2) is 21.4 Å². The summed E-state index contributed by atoms with van der Waals surface area (Å²) in [5.41, 5.74) is 0. The van der Waals surface area contributed by atoms with Gasteiger partial charge in [-0.1, -0.05) is 0 Å². The third-order valence-electron chi connectivity index (χ3n) is 0. The van der Waals surface area contributed by atoms with Gasteiger partial charge in [0, 0.05) is 0 Å². The number of rotatable bonds is 0. The molecule has 0 aromatic heterocycles. The monoisotopic (exact) mass is 447 g/mol. The molecule has 0 spiro atoms. The molecule has 12 N–H and O–H groups in total. The summed E-state index contributed by atoms with van der Waals surface area (Å²) in [6.07, 6.45) is 0. The van der Waals surface area contributed by atoms with Gasteiger partial charge in [0.15, 0.2) is 0 Å². The molecule has 0 heterocycles. The number of nitrogens with zero attached hydrogens (tertiary/aromatic N) is 4. The van der Waals surface area contributed by atoms with Crippen molar-refractivity contribution in [2.75, 3.05) is 0 Å². The van der Waals surface area contributed by atoms with E-state index in [1.807, 2.05) is 0 Å². The molecule has 16 nitrogen and oxygen atoms in total. The minimum absolute atomic E-state index is 0. The molecule has 0 amide bonds. The van der Waals surface area contributed by atoms with Crippen LogP contribution in [0.25, 0.3) is 0 Å². The van der Waals surface area contributed by atoms with Crippen molar-refractivity contribution in [1.29, 1.82) is 0 Å². The van der Waals surface area contributed by atoms with E-state index in [0.29, 0.717) is 0 Å². The number of hydrogen-bond acceptors (Lipinski definition) is 16. The average molecular weight is 447 g/mol. The van der Waals surface area contributed by atoms with Crippen molar-refractivity contribution >= 4 is 0 Å². The Labute approximate surface area is 108 Å². The van der Waals surface area contributed by atoms with Gasteiger partial charge in [-0.3, -0.25) is 0 Å². The molecule has 0 bridgehead atoms. The average Bonchev–Trinajstić information content (AvgIpc) is 1.92. The minimum atomic E-state index is 0. The van der Waals surface area contributed by atoms with E-state index in [2.05, 4.69) is 0 Å². The second-order valence-corrected chi connectivity index (χ2v) is 0.298. The van der Waals surface area contributed by atoms with Crippen LogP contribution in [0.3, 0.4) is 0 Å². The summed E-state index contributed by atoms with van der Waals surface area (Å²) in [7, 11) is 0. The first kappa shape index (κ1) is 80.4. The van der Waals surface area contributed by atoms with Crippen molar-refractivity contribution in [3.05, 3.63) is 40.5 Å². The first-order valence-corrected chi connectivity index (χ1v) is 1.46. The van der Waals surface area contributed by atoms with Gasteiger partial charge in [0.1, 0.15) is 0 Å². The van der Waals surface area contributed by atoms with Crippen LogP contribution in [-0.2, 0) is 21.1 Å². The Hall–Kier alpha value is -1.87. The smallest absolute Gasteiger partial charge is 0.444 e. The van der Waals surface area contributed by atoms with Crippen molar-refractivity contribution in [2.45, 2.75) is 0 Å². The molecule has 0 aromatic carbocycles. The van der Waals surface area contributed by atoms with Gasteiger partial charge in [0.05, 0.1) is 0 Å². The van der Waals surface area contributed by atoms with Crippen LogP contribution in [0, 0.1) is 40.5 Å². The van der Waals surface area contributed by atoms with Gasteiger partial charge in [0.25, 0.3) is 0 Å². The summed E-state index contributed by atoms with van der Waals surface area (Å²) < 4.78 is 0. The van der Waals surface area contributed by atoms with Gasteiger partial charge in [-0.2, -0.15) is 0 Å². The maximum atomic E-state index is 8.00. The summed E-state index contributed by atoms with van der Waals surface area (Å²) in [6.45, 7) is 0. The molecule has 17 heteroatoms. The van der Waals surface area contributed by atoms with Gasteiger partial charge < -0.3 is 65.1 Å². The van der Waals surface area contributed by atoms with Gasteiger partial charge in [-0.25, -0.2) is 0 Å². The Morgan fingerprint density at radius 1 is 0.471 bits per heavy atom. The normalized spacial score (nSPS) is 2.82. The maximum Gasteiger partial charge on any atom is 4.00 e. The maximum absolute atomic E-state index is 8.00. The van der Waals surface area contributed by atoms with E-state index >= 15 is 0 Å². The zero-order valence-corrected chi connectivity index (χ0v) is 10.5. The molecule has 0 saturated heterocycles. The van der Waals surface area contributed by atoms with Gasteiger partial charge in [-0.15, -0.1) is 21.4 Å². The van der Waals surface area contributed by atoms with E-state index in [4.69, 9.17) is 40.5 Å². The Balaban J connectivity index is -0.00000000653. The molecule has 0 aliphatic rings. The fourth-order valence-electron chi connectivity index (χ4n) is 0. The summed E-state index contributed by atoms with van der Waals surface area (Å²) in [4.78, 5) is 32.0. The van der Waals surface area contributed by atoms with E-state index in [0.717, 1.165) is 21.4 Å². The summed E-state index contributed by atoms with van der Waals surface area (Å²) in [5.74, 6) is 0. The van der Waals surface area contributed by atoms with Crippen LogP contribution in [-0.4, -0.2) is 0 Å². The molecule has 17 heavy (non-hydrogen) atoms. The van der Waals surface area contributed by atoms with Gasteiger partial charge in [-0.05, 0) is 0 Å². The van der Waals surface area contributed by atoms with Crippen LogP contribution in [0.1, 0.15) is 0 Å². The molecule has 0 radical (unpaired) electrons. The quantitative estimate of drug-likeness (QED) is 0.304.